The lowest BCUT2D eigenvalue weighted by atomic mass is 10.0. The molecular weight excluding hydrogens is 395 g/mol. The van der Waals surface area contributed by atoms with Crippen molar-refractivity contribution in [1.29, 1.82) is 0 Å². The van der Waals surface area contributed by atoms with Crippen molar-refractivity contribution in [2.75, 3.05) is 31.5 Å². The van der Waals surface area contributed by atoms with E-state index in [9.17, 15) is 14.0 Å². The third-order valence-corrected chi connectivity index (χ3v) is 6.43. The summed E-state index contributed by atoms with van der Waals surface area (Å²) in [6.07, 6.45) is 7.45. The van der Waals surface area contributed by atoms with Crippen molar-refractivity contribution >= 4 is 17.5 Å². The maximum absolute atomic E-state index is 14.3. The van der Waals surface area contributed by atoms with Crippen LogP contribution < -0.4 is 5.32 Å². The zero-order valence-electron chi connectivity index (χ0n) is 17.9. The van der Waals surface area contributed by atoms with E-state index in [1.54, 1.807) is 18.3 Å². The monoisotopic (exact) mass is 424 g/mol. The van der Waals surface area contributed by atoms with Crippen molar-refractivity contribution < 1.29 is 14.0 Å². The number of carbonyl (C=O) groups is 2. The van der Waals surface area contributed by atoms with Crippen LogP contribution in [0.15, 0.2) is 36.7 Å². The molecule has 2 heterocycles. The van der Waals surface area contributed by atoms with Crippen molar-refractivity contribution in [3.05, 3.63) is 59.2 Å². The first kappa shape index (κ1) is 21.4. The summed E-state index contributed by atoms with van der Waals surface area (Å²) in [6, 6.07) is 6.25. The largest absolute Gasteiger partial charge is 0.340 e. The van der Waals surface area contributed by atoms with Gasteiger partial charge >= 0.3 is 0 Å². The minimum Gasteiger partial charge on any atom is -0.340 e. The Morgan fingerprint density at radius 3 is 2.58 bits per heavy atom. The summed E-state index contributed by atoms with van der Waals surface area (Å²) in [5, 5.41) is 2.81. The number of nitrogens with one attached hydrogen (secondary N) is 1. The van der Waals surface area contributed by atoms with Crippen LogP contribution in [0.3, 0.4) is 0 Å². The number of hydrogen-bond acceptors (Lipinski definition) is 4. The molecule has 0 atom stereocenters. The Morgan fingerprint density at radius 2 is 1.90 bits per heavy atom. The molecule has 31 heavy (non-hydrogen) atoms. The van der Waals surface area contributed by atoms with Crippen LogP contribution in [0.4, 0.5) is 10.1 Å². The molecule has 1 N–H and O–H groups in total. The van der Waals surface area contributed by atoms with E-state index in [1.807, 2.05) is 11.8 Å². The number of hydrogen-bond donors (Lipinski definition) is 1. The second-order valence-electron chi connectivity index (χ2n) is 8.52. The number of halogens is 1. The lowest BCUT2D eigenvalue weighted by Gasteiger charge is -2.36. The number of amides is 2. The van der Waals surface area contributed by atoms with Crippen LogP contribution in [0.2, 0.25) is 0 Å². The SMILES string of the molecule is Cc1c(CN2CCN(C(=O)C3CCCC3)CC2)cc(F)cc1NC(=O)c1cccnc1. The van der Waals surface area contributed by atoms with Crippen LogP contribution in [0.25, 0.3) is 0 Å². The number of anilines is 1. The maximum atomic E-state index is 14.3. The van der Waals surface area contributed by atoms with Crippen molar-refractivity contribution in [3.8, 4) is 0 Å². The standard InChI is InChI=1S/C24H29FN4O2/c1-17-20(13-21(25)14-22(17)27-23(30)19-7-4-8-26-15-19)16-28-9-11-29(12-10-28)24(31)18-5-2-3-6-18/h4,7-8,13-15,18H,2-3,5-6,9-12,16H2,1H3,(H,27,30). The molecule has 2 aromatic rings. The highest BCUT2D eigenvalue weighted by molar-refractivity contribution is 6.04. The van der Waals surface area contributed by atoms with Gasteiger partial charge in [0.05, 0.1) is 5.56 Å². The first-order valence-electron chi connectivity index (χ1n) is 11.0. The number of nitrogens with zero attached hydrogens (tertiary/aromatic N) is 3. The van der Waals surface area contributed by atoms with Crippen LogP contribution in [0.5, 0.6) is 0 Å². The molecule has 2 fully saturated rings. The molecule has 0 spiro atoms. The molecule has 1 aliphatic heterocycles. The molecule has 2 amide bonds. The van der Waals surface area contributed by atoms with Gasteiger partial charge in [-0.1, -0.05) is 12.8 Å². The molecule has 1 aromatic carbocycles. The average Bonchev–Trinajstić information content (AvgIpc) is 3.32. The molecule has 7 heteroatoms. The molecular formula is C24H29FN4O2. The Hall–Kier alpha value is -2.80. The van der Waals surface area contributed by atoms with Gasteiger partial charge in [0.1, 0.15) is 5.82 Å². The van der Waals surface area contributed by atoms with Gasteiger partial charge in [0.15, 0.2) is 0 Å². The van der Waals surface area contributed by atoms with Crippen LogP contribution in [-0.4, -0.2) is 52.8 Å². The fraction of sp³-hybridized carbons (Fsp3) is 0.458. The molecule has 0 unspecified atom stereocenters. The number of carbonyl (C=O) groups excluding carboxylic acids is 2. The van der Waals surface area contributed by atoms with E-state index in [2.05, 4.69) is 15.2 Å². The van der Waals surface area contributed by atoms with Gasteiger partial charge in [-0.15, -0.1) is 0 Å². The minimum absolute atomic E-state index is 0.211. The summed E-state index contributed by atoms with van der Waals surface area (Å²) < 4.78 is 14.3. The zero-order chi connectivity index (χ0) is 21.8. The van der Waals surface area contributed by atoms with E-state index in [1.165, 1.54) is 18.3 Å². The summed E-state index contributed by atoms with van der Waals surface area (Å²) >= 11 is 0. The van der Waals surface area contributed by atoms with Crippen molar-refractivity contribution in [2.24, 2.45) is 5.92 Å². The normalized spacial score (nSPS) is 17.7. The molecule has 0 bridgehead atoms. The van der Waals surface area contributed by atoms with E-state index in [-0.39, 0.29) is 17.6 Å². The maximum Gasteiger partial charge on any atom is 0.257 e. The van der Waals surface area contributed by atoms with Crippen LogP contribution in [0.1, 0.15) is 47.2 Å². The number of rotatable bonds is 5. The Balaban J connectivity index is 1.39. The summed E-state index contributed by atoms with van der Waals surface area (Å²) in [7, 11) is 0. The van der Waals surface area contributed by atoms with Gasteiger partial charge in [-0.05, 0) is 55.2 Å². The molecule has 1 saturated carbocycles. The van der Waals surface area contributed by atoms with Gasteiger partial charge < -0.3 is 10.2 Å². The number of aromatic nitrogens is 1. The topological polar surface area (TPSA) is 65.5 Å². The highest BCUT2D eigenvalue weighted by atomic mass is 19.1. The summed E-state index contributed by atoms with van der Waals surface area (Å²) in [6.45, 7) is 5.46. The molecule has 0 radical (unpaired) electrons. The molecule has 4 rings (SSSR count). The minimum atomic E-state index is -0.378. The van der Waals surface area contributed by atoms with Crippen molar-refractivity contribution in [3.63, 3.8) is 0 Å². The van der Waals surface area contributed by atoms with Gasteiger partial charge in [0.2, 0.25) is 5.91 Å². The van der Waals surface area contributed by atoms with E-state index in [0.29, 0.717) is 36.8 Å². The Bertz CT molecular complexity index is 936. The van der Waals surface area contributed by atoms with E-state index < -0.39 is 0 Å². The molecule has 2 aliphatic rings. The van der Waals surface area contributed by atoms with E-state index >= 15 is 0 Å². The lowest BCUT2D eigenvalue weighted by Crippen LogP contribution is -2.49. The van der Waals surface area contributed by atoms with E-state index in [4.69, 9.17) is 0 Å². The molecule has 1 aromatic heterocycles. The van der Waals surface area contributed by atoms with Crippen LogP contribution in [-0.2, 0) is 11.3 Å². The number of piperazine rings is 1. The molecule has 1 saturated heterocycles. The number of benzene rings is 1. The highest BCUT2D eigenvalue weighted by Gasteiger charge is 2.29. The Kier molecular flexibility index (Phi) is 6.61. The lowest BCUT2D eigenvalue weighted by molar-refractivity contribution is -0.137. The summed E-state index contributed by atoms with van der Waals surface area (Å²) in [5.74, 6) is -0.175. The quantitative estimate of drug-likeness (QED) is 0.796. The first-order valence-corrected chi connectivity index (χ1v) is 11.0. The molecule has 164 valence electrons. The Labute approximate surface area is 182 Å². The molecule has 6 nitrogen and oxygen atoms in total. The third kappa shape index (κ3) is 5.10. The number of pyridine rings is 1. The second-order valence-corrected chi connectivity index (χ2v) is 8.52. The predicted octanol–water partition coefficient (Wildman–Crippen LogP) is 3.62. The van der Waals surface area contributed by atoms with Gasteiger partial charge in [0, 0.05) is 56.7 Å². The predicted molar refractivity (Wildman–Crippen MR) is 117 cm³/mol. The van der Waals surface area contributed by atoms with Gasteiger partial charge in [-0.2, -0.15) is 0 Å². The smallest absolute Gasteiger partial charge is 0.257 e. The first-order chi connectivity index (χ1) is 15.0. The van der Waals surface area contributed by atoms with Gasteiger partial charge in [0.25, 0.3) is 5.91 Å². The molecule has 1 aliphatic carbocycles. The summed E-state index contributed by atoms with van der Waals surface area (Å²) in [4.78, 5) is 33.3. The van der Waals surface area contributed by atoms with Crippen LogP contribution in [0, 0.1) is 18.7 Å². The summed E-state index contributed by atoms with van der Waals surface area (Å²) in [5.41, 5.74) is 2.59. The van der Waals surface area contributed by atoms with Crippen LogP contribution >= 0.6 is 0 Å². The second kappa shape index (κ2) is 9.56. The van der Waals surface area contributed by atoms with Crippen molar-refractivity contribution in [2.45, 2.75) is 39.2 Å². The fourth-order valence-electron chi connectivity index (χ4n) is 4.52. The van der Waals surface area contributed by atoms with Gasteiger partial charge in [-0.25, -0.2) is 4.39 Å². The van der Waals surface area contributed by atoms with Gasteiger partial charge in [-0.3, -0.25) is 19.5 Å². The average molecular weight is 425 g/mol. The highest BCUT2D eigenvalue weighted by Crippen LogP contribution is 2.27. The third-order valence-electron chi connectivity index (χ3n) is 6.43. The zero-order valence-corrected chi connectivity index (χ0v) is 17.9. The fourth-order valence-corrected chi connectivity index (χ4v) is 4.52. The Morgan fingerprint density at radius 1 is 1.16 bits per heavy atom. The van der Waals surface area contributed by atoms with Crippen molar-refractivity contribution in [1.82, 2.24) is 14.8 Å². The van der Waals surface area contributed by atoms with E-state index in [0.717, 1.165) is 49.9 Å².